The molecule has 0 unspecified atom stereocenters. The summed E-state index contributed by atoms with van der Waals surface area (Å²) >= 11 is 1.38. The van der Waals surface area contributed by atoms with Gasteiger partial charge in [0.2, 0.25) is 0 Å². The number of aromatic nitrogens is 6. The highest BCUT2D eigenvalue weighted by molar-refractivity contribution is 7.05. The van der Waals surface area contributed by atoms with Crippen molar-refractivity contribution >= 4 is 28.5 Å². The Labute approximate surface area is 107 Å². The predicted octanol–water partition coefficient (Wildman–Crippen LogP) is 0.792. The molecule has 0 aliphatic rings. The van der Waals surface area contributed by atoms with Gasteiger partial charge < -0.3 is 9.47 Å². The first kappa shape index (κ1) is 11.0. The zero-order chi connectivity index (χ0) is 12.5. The summed E-state index contributed by atoms with van der Waals surface area (Å²) in [5, 5.41) is 3.82. The summed E-state index contributed by atoms with van der Waals surface area (Å²) in [5.41, 5.74) is 1.63. The van der Waals surface area contributed by atoms with Crippen molar-refractivity contribution in [3.8, 4) is 0 Å². The number of nitrogens with zero attached hydrogens (tertiary/aromatic N) is 7. The second-order valence-corrected chi connectivity index (χ2v) is 4.89. The van der Waals surface area contributed by atoms with Crippen LogP contribution in [0, 0.1) is 0 Å². The standard InChI is InChI=1S/C10H11N7S/c1-16(2)9-8-10(12-5-11-9)17(6-13-8)4-7-3-14-15-18-7/h3,5-6H,4H2,1-2H3. The third-order valence-corrected chi connectivity index (χ3v) is 3.18. The second kappa shape index (κ2) is 4.30. The van der Waals surface area contributed by atoms with E-state index in [-0.39, 0.29) is 0 Å². The summed E-state index contributed by atoms with van der Waals surface area (Å²) < 4.78 is 5.82. The average Bonchev–Trinajstić information content (AvgIpc) is 2.99. The largest absolute Gasteiger partial charge is 0.361 e. The molecular weight excluding hydrogens is 250 g/mol. The molecule has 0 aliphatic carbocycles. The molecule has 0 atom stereocenters. The highest BCUT2D eigenvalue weighted by Crippen LogP contribution is 2.20. The van der Waals surface area contributed by atoms with Gasteiger partial charge in [-0.05, 0) is 11.5 Å². The number of anilines is 1. The summed E-state index contributed by atoms with van der Waals surface area (Å²) in [6.45, 7) is 0.679. The van der Waals surface area contributed by atoms with E-state index in [9.17, 15) is 0 Å². The van der Waals surface area contributed by atoms with E-state index in [1.807, 2.05) is 23.6 Å². The van der Waals surface area contributed by atoms with Gasteiger partial charge in [0, 0.05) is 14.1 Å². The van der Waals surface area contributed by atoms with Crippen LogP contribution in [0.3, 0.4) is 0 Å². The van der Waals surface area contributed by atoms with Crippen LogP contribution in [0.15, 0.2) is 18.9 Å². The monoisotopic (exact) mass is 261 g/mol. The Hall–Kier alpha value is -2.09. The molecule has 0 radical (unpaired) electrons. The normalized spacial score (nSPS) is 11.0. The summed E-state index contributed by atoms with van der Waals surface area (Å²) in [4.78, 5) is 15.9. The van der Waals surface area contributed by atoms with E-state index in [0.29, 0.717) is 6.54 Å². The molecule has 0 fully saturated rings. The molecule has 7 nitrogen and oxygen atoms in total. The quantitative estimate of drug-likeness (QED) is 0.694. The summed E-state index contributed by atoms with van der Waals surface area (Å²) in [6, 6.07) is 0. The van der Waals surface area contributed by atoms with Crippen LogP contribution in [-0.4, -0.2) is 43.2 Å². The SMILES string of the molecule is CN(C)c1ncnc2c1ncn2Cc1cnns1. The van der Waals surface area contributed by atoms with Crippen LogP contribution in [0.1, 0.15) is 4.88 Å². The van der Waals surface area contributed by atoms with Gasteiger partial charge in [-0.15, -0.1) is 5.10 Å². The van der Waals surface area contributed by atoms with Gasteiger partial charge in [0.15, 0.2) is 17.0 Å². The van der Waals surface area contributed by atoms with Gasteiger partial charge in [-0.25, -0.2) is 15.0 Å². The molecule has 0 N–H and O–H groups in total. The average molecular weight is 261 g/mol. The molecule has 0 amide bonds. The lowest BCUT2D eigenvalue weighted by atomic mass is 10.4. The Kier molecular flexibility index (Phi) is 2.63. The van der Waals surface area contributed by atoms with Crippen molar-refractivity contribution in [1.82, 2.24) is 29.1 Å². The molecule has 3 heterocycles. The van der Waals surface area contributed by atoms with Crippen molar-refractivity contribution in [2.75, 3.05) is 19.0 Å². The van der Waals surface area contributed by atoms with E-state index in [0.717, 1.165) is 21.9 Å². The van der Waals surface area contributed by atoms with Crippen LogP contribution in [0.25, 0.3) is 11.2 Å². The molecule has 0 aromatic carbocycles. The lowest BCUT2D eigenvalue weighted by Crippen LogP contribution is -2.11. The van der Waals surface area contributed by atoms with Gasteiger partial charge in [0.1, 0.15) is 6.33 Å². The van der Waals surface area contributed by atoms with E-state index in [1.54, 1.807) is 18.9 Å². The molecular formula is C10H11N7S. The minimum absolute atomic E-state index is 0.679. The van der Waals surface area contributed by atoms with Crippen LogP contribution in [0.2, 0.25) is 0 Å². The first-order valence-electron chi connectivity index (χ1n) is 5.35. The van der Waals surface area contributed by atoms with Gasteiger partial charge in [0.25, 0.3) is 0 Å². The Morgan fingerprint density at radius 3 is 2.89 bits per heavy atom. The number of hydrogen-bond donors (Lipinski definition) is 0. The van der Waals surface area contributed by atoms with Gasteiger partial charge in [0.05, 0.1) is 23.9 Å². The van der Waals surface area contributed by atoms with E-state index in [2.05, 4.69) is 24.5 Å². The Morgan fingerprint density at radius 1 is 1.28 bits per heavy atom. The minimum atomic E-state index is 0.679. The Bertz CT molecular complexity index is 658. The maximum absolute atomic E-state index is 4.38. The van der Waals surface area contributed by atoms with Gasteiger partial charge >= 0.3 is 0 Å². The zero-order valence-corrected chi connectivity index (χ0v) is 10.8. The molecule has 18 heavy (non-hydrogen) atoms. The predicted molar refractivity (Wildman–Crippen MR) is 68.7 cm³/mol. The van der Waals surface area contributed by atoms with Crippen LogP contribution < -0.4 is 4.90 Å². The molecule has 0 aliphatic heterocycles. The number of rotatable bonds is 3. The van der Waals surface area contributed by atoms with Gasteiger partial charge in [-0.1, -0.05) is 4.49 Å². The number of fused-ring (bicyclic) bond motifs is 1. The first-order valence-corrected chi connectivity index (χ1v) is 6.12. The number of imidazole rings is 1. The Balaban J connectivity index is 2.07. The minimum Gasteiger partial charge on any atom is -0.361 e. The van der Waals surface area contributed by atoms with Crippen molar-refractivity contribution in [3.63, 3.8) is 0 Å². The van der Waals surface area contributed by atoms with Crippen LogP contribution >= 0.6 is 11.5 Å². The zero-order valence-electron chi connectivity index (χ0n) is 9.98. The van der Waals surface area contributed by atoms with Crippen molar-refractivity contribution in [2.45, 2.75) is 6.54 Å². The van der Waals surface area contributed by atoms with Crippen molar-refractivity contribution in [3.05, 3.63) is 23.7 Å². The lowest BCUT2D eigenvalue weighted by molar-refractivity contribution is 0.823. The molecule has 3 aromatic rings. The van der Waals surface area contributed by atoms with Crippen LogP contribution in [0.5, 0.6) is 0 Å². The summed E-state index contributed by atoms with van der Waals surface area (Å²) in [5.74, 6) is 0.821. The van der Waals surface area contributed by atoms with Gasteiger partial charge in [-0.3, -0.25) is 0 Å². The second-order valence-electron chi connectivity index (χ2n) is 4.02. The molecule has 8 heteroatoms. The third kappa shape index (κ3) is 1.80. The van der Waals surface area contributed by atoms with Crippen LogP contribution in [-0.2, 0) is 6.54 Å². The summed E-state index contributed by atoms with van der Waals surface area (Å²) in [7, 11) is 3.88. The highest BCUT2D eigenvalue weighted by Gasteiger charge is 2.11. The molecule has 0 saturated carbocycles. The maximum atomic E-state index is 4.38. The molecule has 3 rings (SSSR count). The maximum Gasteiger partial charge on any atom is 0.165 e. The van der Waals surface area contributed by atoms with Crippen molar-refractivity contribution in [2.24, 2.45) is 0 Å². The highest BCUT2D eigenvalue weighted by atomic mass is 32.1. The fourth-order valence-electron chi connectivity index (χ4n) is 1.74. The molecule has 92 valence electrons. The number of hydrogen-bond acceptors (Lipinski definition) is 7. The van der Waals surface area contributed by atoms with E-state index >= 15 is 0 Å². The van der Waals surface area contributed by atoms with E-state index in [4.69, 9.17) is 0 Å². The lowest BCUT2D eigenvalue weighted by Gasteiger charge is -2.10. The molecule has 0 spiro atoms. The summed E-state index contributed by atoms with van der Waals surface area (Å²) in [6.07, 6.45) is 5.08. The van der Waals surface area contributed by atoms with Crippen molar-refractivity contribution in [1.29, 1.82) is 0 Å². The van der Waals surface area contributed by atoms with Crippen molar-refractivity contribution < 1.29 is 0 Å². The first-order chi connectivity index (χ1) is 8.75. The Morgan fingerprint density at radius 2 is 2.17 bits per heavy atom. The van der Waals surface area contributed by atoms with E-state index in [1.165, 1.54) is 11.5 Å². The third-order valence-electron chi connectivity index (χ3n) is 2.54. The molecule has 0 bridgehead atoms. The fourth-order valence-corrected chi connectivity index (χ4v) is 2.23. The molecule has 3 aromatic heterocycles. The van der Waals surface area contributed by atoms with E-state index < -0.39 is 0 Å². The van der Waals surface area contributed by atoms with Gasteiger partial charge in [-0.2, -0.15) is 0 Å². The smallest absolute Gasteiger partial charge is 0.165 e. The topological polar surface area (TPSA) is 72.6 Å². The molecule has 0 saturated heterocycles. The fraction of sp³-hybridized carbons (Fsp3) is 0.300. The van der Waals surface area contributed by atoms with Crippen LogP contribution in [0.4, 0.5) is 5.82 Å².